The Kier molecular flexibility index (Phi) is 7.02. The number of aliphatic hydroxyl groups excluding tert-OH is 1. The van der Waals surface area contributed by atoms with Crippen molar-refractivity contribution in [1.82, 2.24) is 5.32 Å². The number of carboxylic acid groups (broad SMARTS) is 2. The van der Waals surface area contributed by atoms with E-state index < -0.39 is 29.3 Å². The van der Waals surface area contributed by atoms with Crippen LogP contribution in [0.4, 0.5) is 0 Å². The van der Waals surface area contributed by atoms with Gasteiger partial charge in [0.2, 0.25) is 0 Å². The van der Waals surface area contributed by atoms with Crippen LogP contribution in [0.5, 0.6) is 0 Å². The fourth-order valence-corrected chi connectivity index (χ4v) is 3.91. The Morgan fingerprint density at radius 3 is 2.62 bits per heavy atom. The number of carbonyl (C=O) groups is 2. The van der Waals surface area contributed by atoms with Crippen molar-refractivity contribution in [3.05, 3.63) is 10.6 Å². The molecule has 9 heteroatoms. The van der Waals surface area contributed by atoms with Crippen LogP contribution in [0, 0.1) is 5.92 Å². The van der Waals surface area contributed by atoms with Gasteiger partial charge in [0.25, 0.3) is 0 Å². The Morgan fingerprint density at radius 1 is 1.52 bits per heavy atom. The van der Waals surface area contributed by atoms with Crippen LogP contribution in [0.2, 0.25) is 0 Å². The second-order valence-electron chi connectivity index (χ2n) is 4.82. The third-order valence-electron chi connectivity index (χ3n) is 3.34. The van der Waals surface area contributed by atoms with E-state index in [9.17, 15) is 19.8 Å². The van der Waals surface area contributed by atoms with Gasteiger partial charge < -0.3 is 30.2 Å². The summed E-state index contributed by atoms with van der Waals surface area (Å²) in [4.78, 5) is 22.8. The molecule has 0 aliphatic carbocycles. The maximum atomic E-state index is 11.2. The molecule has 0 radical (unpaired) electrons. The number of aliphatic hydroxyl groups is 1. The van der Waals surface area contributed by atoms with Gasteiger partial charge in [-0.15, -0.1) is 0 Å². The first kappa shape index (κ1) is 18.8. The molecule has 0 saturated carbocycles. The largest absolute Gasteiger partial charge is 1.00 e. The summed E-state index contributed by atoms with van der Waals surface area (Å²) in [6.45, 7) is 1.92. The Labute approximate surface area is 148 Å². The summed E-state index contributed by atoms with van der Waals surface area (Å²) >= 11 is 1.09. The van der Waals surface area contributed by atoms with Crippen LogP contribution in [0.1, 0.15) is 19.8 Å². The van der Waals surface area contributed by atoms with Gasteiger partial charge in [0.05, 0.1) is 29.2 Å². The van der Waals surface area contributed by atoms with E-state index in [4.69, 9.17) is 9.84 Å². The second kappa shape index (κ2) is 7.85. The summed E-state index contributed by atoms with van der Waals surface area (Å²) in [6.07, 6.45) is 0.0801. The molecule has 3 N–H and O–H groups in total. The summed E-state index contributed by atoms with van der Waals surface area (Å²) in [5, 5.41) is 31.8. The van der Waals surface area contributed by atoms with Crippen molar-refractivity contribution in [2.45, 2.75) is 37.3 Å². The molecular weight excluding hydrogens is 309 g/mol. The van der Waals surface area contributed by atoms with Gasteiger partial charge >= 0.3 is 35.5 Å². The number of rotatable bonds is 5. The number of nitrogens with one attached hydrogen (secondary N) is 1. The smallest absolute Gasteiger partial charge is 0.543 e. The van der Waals surface area contributed by atoms with Gasteiger partial charge in [-0.25, -0.2) is 0 Å². The van der Waals surface area contributed by atoms with Crippen LogP contribution in [0.15, 0.2) is 10.6 Å². The molecule has 1 saturated heterocycles. The van der Waals surface area contributed by atoms with Crippen LogP contribution >= 0.6 is 11.8 Å². The molecule has 0 bridgehead atoms. The maximum absolute atomic E-state index is 11.2. The first-order valence-electron chi connectivity index (χ1n) is 6.33. The fraction of sp³-hybridized carbons (Fsp3) is 0.667. The van der Waals surface area contributed by atoms with E-state index in [1.54, 1.807) is 0 Å². The van der Waals surface area contributed by atoms with Gasteiger partial charge in [-0.2, -0.15) is 0 Å². The Bertz CT molecular complexity index is 449. The van der Waals surface area contributed by atoms with E-state index in [2.05, 4.69) is 5.32 Å². The van der Waals surface area contributed by atoms with Crippen molar-refractivity contribution in [1.29, 1.82) is 0 Å². The number of aliphatic carboxylic acids is 2. The zero-order valence-corrected chi connectivity index (χ0v) is 14.7. The third kappa shape index (κ3) is 4.14. The van der Waals surface area contributed by atoms with Gasteiger partial charge in [-0.05, 0) is 19.8 Å². The molecule has 0 spiro atoms. The van der Waals surface area contributed by atoms with Gasteiger partial charge in [0, 0.05) is 11.5 Å². The molecule has 0 aromatic rings. The molecule has 0 aromatic carbocycles. The third-order valence-corrected chi connectivity index (χ3v) is 4.73. The van der Waals surface area contributed by atoms with E-state index in [1.807, 2.05) is 0 Å². The maximum Gasteiger partial charge on any atom is 1.00 e. The number of hydrogen-bond donors (Lipinski definition) is 3. The second-order valence-corrected chi connectivity index (χ2v) is 6.00. The zero-order valence-electron chi connectivity index (χ0n) is 11.9. The SMILES string of the molecule is CC(O)C(C(=O)O)C1NC(C(=O)[O-])=C(C2CCCO2)S1.[Na+]. The Hall–Kier alpha value is -0.250. The zero-order chi connectivity index (χ0) is 14.9. The van der Waals surface area contributed by atoms with Crippen LogP contribution in [-0.2, 0) is 14.3 Å². The van der Waals surface area contributed by atoms with E-state index in [1.165, 1.54) is 6.92 Å². The molecule has 2 rings (SSSR count). The summed E-state index contributed by atoms with van der Waals surface area (Å²) in [7, 11) is 0. The minimum atomic E-state index is -1.39. The first-order valence-corrected chi connectivity index (χ1v) is 7.21. The predicted molar refractivity (Wildman–Crippen MR) is 68.3 cm³/mol. The summed E-state index contributed by atoms with van der Waals surface area (Å²) in [5.41, 5.74) is -0.126. The van der Waals surface area contributed by atoms with Gasteiger partial charge in [0.1, 0.15) is 5.92 Å². The summed E-state index contributed by atoms with van der Waals surface area (Å²) in [6, 6.07) is 0. The van der Waals surface area contributed by atoms with E-state index in [0.29, 0.717) is 17.9 Å². The topological polar surface area (TPSA) is 119 Å². The Morgan fingerprint density at radius 2 is 2.19 bits per heavy atom. The van der Waals surface area contributed by atoms with Crippen LogP contribution in [-0.4, -0.2) is 46.3 Å². The minimum absolute atomic E-state index is 0. The van der Waals surface area contributed by atoms with Crippen molar-refractivity contribution < 1.29 is 59.2 Å². The van der Waals surface area contributed by atoms with Gasteiger partial charge in [-0.1, -0.05) is 11.8 Å². The van der Waals surface area contributed by atoms with Crippen molar-refractivity contribution in [3.8, 4) is 0 Å². The van der Waals surface area contributed by atoms with Gasteiger partial charge in [0.15, 0.2) is 0 Å². The fourth-order valence-electron chi connectivity index (χ4n) is 2.37. The van der Waals surface area contributed by atoms with Crippen molar-refractivity contribution in [2.75, 3.05) is 6.61 Å². The molecule has 2 aliphatic heterocycles. The molecule has 1 fully saturated rings. The molecule has 2 aliphatic rings. The van der Waals surface area contributed by atoms with Crippen molar-refractivity contribution >= 4 is 23.7 Å². The molecule has 7 nitrogen and oxygen atoms in total. The number of carbonyl (C=O) groups excluding carboxylic acids is 1. The van der Waals surface area contributed by atoms with Crippen molar-refractivity contribution in [2.24, 2.45) is 5.92 Å². The molecule has 0 aromatic heterocycles. The van der Waals surface area contributed by atoms with Crippen molar-refractivity contribution in [3.63, 3.8) is 0 Å². The molecular formula is C12H16NNaO6S. The predicted octanol–water partition coefficient (Wildman–Crippen LogP) is -4.12. The quantitative estimate of drug-likeness (QED) is 0.436. The number of carboxylic acids is 2. The number of thioether (sulfide) groups is 1. The molecule has 0 amide bonds. The van der Waals surface area contributed by atoms with E-state index in [-0.39, 0.29) is 41.4 Å². The number of hydrogen-bond acceptors (Lipinski definition) is 7. The molecule has 4 atom stereocenters. The first-order chi connectivity index (χ1) is 9.41. The van der Waals surface area contributed by atoms with E-state index in [0.717, 1.165) is 18.2 Å². The monoisotopic (exact) mass is 325 g/mol. The average Bonchev–Trinajstić information content (AvgIpc) is 2.94. The standard InChI is InChI=1S/C12H17NO6S.Na/c1-5(14)7(11(15)16)10-13-8(12(17)18)9(20-10)6-3-2-4-19-6;/h5-7,10,13-14H,2-4H2,1H3,(H,15,16)(H,17,18);/q;+1/p-1. The normalized spacial score (nSPS) is 27.7. The molecule has 4 unspecified atom stereocenters. The molecule has 21 heavy (non-hydrogen) atoms. The van der Waals surface area contributed by atoms with E-state index >= 15 is 0 Å². The molecule has 2 heterocycles. The summed E-state index contributed by atoms with van der Waals surface area (Å²) in [5.74, 6) is -3.69. The average molecular weight is 325 g/mol. The summed E-state index contributed by atoms with van der Waals surface area (Å²) < 4.78 is 5.45. The number of ether oxygens (including phenoxy) is 1. The molecule has 112 valence electrons. The van der Waals surface area contributed by atoms with Crippen LogP contribution in [0.25, 0.3) is 0 Å². The minimum Gasteiger partial charge on any atom is -0.543 e. The van der Waals surface area contributed by atoms with Crippen LogP contribution < -0.4 is 40.0 Å². The van der Waals surface area contributed by atoms with Crippen LogP contribution in [0.3, 0.4) is 0 Å². The van der Waals surface area contributed by atoms with Gasteiger partial charge in [-0.3, -0.25) is 4.79 Å². The Balaban J connectivity index is 0.00000220.